The van der Waals surface area contributed by atoms with Gasteiger partial charge >= 0.3 is 0 Å². The van der Waals surface area contributed by atoms with Crippen molar-refractivity contribution in [2.24, 2.45) is 0 Å². The Hall–Kier alpha value is -2.67. The van der Waals surface area contributed by atoms with Gasteiger partial charge in [0.1, 0.15) is 5.75 Å². The molecular formula is C24H29N3O3S. The van der Waals surface area contributed by atoms with E-state index in [9.17, 15) is 9.59 Å². The maximum absolute atomic E-state index is 12.8. The van der Waals surface area contributed by atoms with E-state index in [1.54, 1.807) is 11.8 Å². The topological polar surface area (TPSA) is 53.1 Å². The number of fused-ring (bicyclic) bond motifs is 1. The van der Waals surface area contributed by atoms with Crippen LogP contribution >= 0.6 is 11.8 Å². The molecule has 2 aromatic rings. The zero-order chi connectivity index (χ0) is 21.6. The first-order valence-corrected chi connectivity index (χ1v) is 11.9. The molecule has 0 saturated carbocycles. The highest BCUT2D eigenvalue weighted by atomic mass is 32.2. The molecule has 164 valence electrons. The Balaban J connectivity index is 1.27. The van der Waals surface area contributed by atoms with Crippen LogP contribution in [0.5, 0.6) is 5.75 Å². The standard InChI is InChI=1S/C24H29N3O3S/c1-2-30-21-10-5-3-8-19(21)25-14-16-26(17-15-25)23(28)12-7-13-27-20-9-4-6-11-22(20)31-18-24(27)29/h3-6,8-11H,2,7,12-18H2,1H3. The van der Waals surface area contributed by atoms with Crippen LogP contribution in [0, 0.1) is 0 Å². The average molecular weight is 440 g/mol. The van der Waals surface area contributed by atoms with Gasteiger partial charge < -0.3 is 19.4 Å². The molecular weight excluding hydrogens is 410 g/mol. The fraction of sp³-hybridized carbons (Fsp3) is 0.417. The first-order valence-electron chi connectivity index (χ1n) is 10.9. The molecule has 4 rings (SSSR count). The number of benzene rings is 2. The van der Waals surface area contributed by atoms with Crippen molar-refractivity contribution in [3.63, 3.8) is 0 Å². The van der Waals surface area contributed by atoms with Gasteiger partial charge in [-0.2, -0.15) is 0 Å². The third-order valence-corrected chi connectivity index (χ3v) is 6.77. The summed E-state index contributed by atoms with van der Waals surface area (Å²) in [5, 5.41) is 0. The second-order valence-electron chi connectivity index (χ2n) is 7.67. The second-order valence-corrected chi connectivity index (χ2v) is 8.69. The van der Waals surface area contributed by atoms with E-state index in [2.05, 4.69) is 11.0 Å². The van der Waals surface area contributed by atoms with Crippen LogP contribution in [-0.2, 0) is 9.59 Å². The number of carbonyl (C=O) groups is 2. The number of amides is 2. The Morgan fingerprint density at radius 2 is 1.71 bits per heavy atom. The van der Waals surface area contributed by atoms with Crippen molar-refractivity contribution in [2.75, 3.05) is 54.9 Å². The molecule has 0 N–H and O–H groups in total. The van der Waals surface area contributed by atoms with Crippen molar-refractivity contribution < 1.29 is 14.3 Å². The molecule has 2 aromatic carbocycles. The predicted molar refractivity (Wildman–Crippen MR) is 125 cm³/mol. The molecule has 1 fully saturated rings. The maximum atomic E-state index is 12.8. The number of piperazine rings is 1. The first-order chi connectivity index (χ1) is 15.2. The van der Waals surface area contributed by atoms with Crippen LogP contribution in [0.4, 0.5) is 11.4 Å². The molecule has 0 atom stereocenters. The number of hydrogen-bond donors (Lipinski definition) is 0. The molecule has 31 heavy (non-hydrogen) atoms. The SMILES string of the molecule is CCOc1ccccc1N1CCN(C(=O)CCCN2C(=O)CSc3ccccc32)CC1. The van der Waals surface area contributed by atoms with Gasteiger partial charge in [0, 0.05) is 44.0 Å². The van der Waals surface area contributed by atoms with Crippen LogP contribution in [0.2, 0.25) is 0 Å². The highest BCUT2D eigenvalue weighted by Gasteiger charge is 2.26. The number of nitrogens with zero attached hydrogens (tertiary/aromatic N) is 3. The van der Waals surface area contributed by atoms with Crippen LogP contribution in [0.25, 0.3) is 0 Å². The van der Waals surface area contributed by atoms with Crippen molar-refractivity contribution in [3.8, 4) is 5.75 Å². The fourth-order valence-electron chi connectivity index (χ4n) is 4.14. The lowest BCUT2D eigenvalue weighted by molar-refractivity contribution is -0.131. The lowest BCUT2D eigenvalue weighted by Gasteiger charge is -2.37. The largest absolute Gasteiger partial charge is 0.492 e. The highest BCUT2D eigenvalue weighted by molar-refractivity contribution is 8.00. The number of thioether (sulfide) groups is 1. The van der Waals surface area contributed by atoms with Crippen LogP contribution in [-0.4, -0.2) is 61.8 Å². The minimum Gasteiger partial charge on any atom is -0.492 e. The third-order valence-electron chi connectivity index (χ3n) is 5.72. The maximum Gasteiger partial charge on any atom is 0.237 e. The molecule has 1 saturated heterocycles. The Bertz CT molecular complexity index is 928. The monoisotopic (exact) mass is 439 g/mol. The lowest BCUT2D eigenvalue weighted by Crippen LogP contribution is -2.49. The molecule has 0 bridgehead atoms. The number of carbonyl (C=O) groups excluding carboxylic acids is 2. The molecule has 0 aliphatic carbocycles. The van der Waals surface area contributed by atoms with E-state index in [0.29, 0.717) is 44.8 Å². The molecule has 0 spiro atoms. The van der Waals surface area contributed by atoms with Gasteiger partial charge in [0.15, 0.2) is 0 Å². The van der Waals surface area contributed by atoms with Gasteiger partial charge in [-0.3, -0.25) is 9.59 Å². The Morgan fingerprint density at radius 3 is 2.48 bits per heavy atom. The van der Waals surface area contributed by atoms with E-state index in [1.165, 1.54) is 0 Å². The lowest BCUT2D eigenvalue weighted by atomic mass is 10.2. The third kappa shape index (κ3) is 4.98. The van der Waals surface area contributed by atoms with Crippen molar-refractivity contribution in [1.29, 1.82) is 0 Å². The molecule has 0 radical (unpaired) electrons. The first kappa shape index (κ1) is 21.6. The van der Waals surface area contributed by atoms with Gasteiger partial charge in [0.2, 0.25) is 11.8 Å². The normalized spacial score (nSPS) is 16.3. The second kappa shape index (κ2) is 10.1. The number of ether oxygens (including phenoxy) is 1. The summed E-state index contributed by atoms with van der Waals surface area (Å²) >= 11 is 1.59. The molecule has 2 aliphatic rings. The summed E-state index contributed by atoms with van der Waals surface area (Å²) in [5.74, 6) is 1.66. The van der Waals surface area contributed by atoms with Gasteiger partial charge in [0.25, 0.3) is 0 Å². The summed E-state index contributed by atoms with van der Waals surface area (Å²) in [6.45, 7) is 6.23. The quantitative estimate of drug-likeness (QED) is 0.659. The molecule has 6 nitrogen and oxygen atoms in total. The number of rotatable bonds is 7. The molecule has 2 amide bonds. The minimum absolute atomic E-state index is 0.123. The van der Waals surface area contributed by atoms with Crippen molar-refractivity contribution >= 4 is 35.0 Å². The predicted octanol–water partition coefficient (Wildman–Crippen LogP) is 3.65. The number of anilines is 2. The van der Waals surface area contributed by atoms with E-state index >= 15 is 0 Å². The van der Waals surface area contributed by atoms with Crippen molar-refractivity contribution in [2.45, 2.75) is 24.7 Å². The van der Waals surface area contributed by atoms with Gasteiger partial charge in [-0.15, -0.1) is 11.8 Å². The molecule has 2 heterocycles. The number of para-hydroxylation sites is 3. The number of hydrogen-bond acceptors (Lipinski definition) is 5. The van der Waals surface area contributed by atoms with Crippen molar-refractivity contribution in [3.05, 3.63) is 48.5 Å². The summed E-state index contributed by atoms with van der Waals surface area (Å²) in [5.41, 5.74) is 2.06. The van der Waals surface area contributed by atoms with E-state index in [1.807, 2.05) is 59.2 Å². The van der Waals surface area contributed by atoms with Crippen LogP contribution in [0.3, 0.4) is 0 Å². The van der Waals surface area contributed by atoms with E-state index in [0.717, 1.165) is 35.1 Å². The zero-order valence-electron chi connectivity index (χ0n) is 18.0. The van der Waals surface area contributed by atoms with E-state index in [-0.39, 0.29) is 11.8 Å². The Kier molecular flexibility index (Phi) is 7.02. The molecule has 0 unspecified atom stereocenters. The summed E-state index contributed by atoms with van der Waals surface area (Å²) in [4.78, 5) is 32.3. The minimum atomic E-state index is 0.123. The van der Waals surface area contributed by atoms with Gasteiger partial charge in [-0.1, -0.05) is 24.3 Å². The average Bonchev–Trinajstić information content (AvgIpc) is 2.81. The van der Waals surface area contributed by atoms with Crippen LogP contribution in [0.1, 0.15) is 19.8 Å². The Morgan fingerprint density at radius 1 is 1.00 bits per heavy atom. The van der Waals surface area contributed by atoms with Gasteiger partial charge in [-0.25, -0.2) is 0 Å². The van der Waals surface area contributed by atoms with Crippen molar-refractivity contribution in [1.82, 2.24) is 4.90 Å². The van der Waals surface area contributed by atoms with E-state index < -0.39 is 0 Å². The van der Waals surface area contributed by atoms with Gasteiger partial charge in [0.05, 0.1) is 23.7 Å². The molecule has 0 aromatic heterocycles. The summed E-state index contributed by atoms with van der Waals surface area (Å²) in [6, 6.07) is 16.1. The smallest absolute Gasteiger partial charge is 0.237 e. The molecule has 7 heteroatoms. The molecule has 2 aliphatic heterocycles. The summed E-state index contributed by atoms with van der Waals surface area (Å²) in [6.07, 6.45) is 1.14. The van der Waals surface area contributed by atoms with E-state index in [4.69, 9.17) is 4.74 Å². The zero-order valence-corrected chi connectivity index (χ0v) is 18.8. The summed E-state index contributed by atoms with van der Waals surface area (Å²) in [7, 11) is 0. The highest BCUT2D eigenvalue weighted by Crippen LogP contribution is 2.35. The summed E-state index contributed by atoms with van der Waals surface area (Å²) < 4.78 is 5.75. The van der Waals surface area contributed by atoms with Crippen LogP contribution in [0.15, 0.2) is 53.4 Å². The fourth-order valence-corrected chi connectivity index (χ4v) is 5.07. The Labute approximate surface area is 188 Å². The van der Waals surface area contributed by atoms with Crippen LogP contribution < -0.4 is 14.5 Å². The van der Waals surface area contributed by atoms with Gasteiger partial charge in [-0.05, 0) is 37.6 Å².